The largest absolute Gasteiger partial charge is 0.381 e. The van der Waals surface area contributed by atoms with Gasteiger partial charge in [0.2, 0.25) is 6.41 Å². The Bertz CT molecular complexity index is 406. The number of aliphatic hydroxyl groups excluding tert-OH is 1. The molecule has 2 aliphatic rings. The van der Waals surface area contributed by atoms with E-state index in [0.717, 1.165) is 44.9 Å². The summed E-state index contributed by atoms with van der Waals surface area (Å²) in [5.41, 5.74) is 0. The molecular formula is C19H34N2O4. The first-order valence-electron chi connectivity index (χ1n) is 9.93. The third-order valence-electron chi connectivity index (χ3n) is 5.62. The van der Waals surface area contributed by atoms with Crippen molar-refractivity contribution in [2.24, 2.45) is 0 Å². The summed E-state index contributed by atoms with van der Waals surface area (Å²) >= 11 is 0. The molecule has 0 spiro atoms. The van der Waals surface area contributed by atoms with Gasteiger partial charge < -0.3 is 20.1 Å². The Morgan fingerprint density at radius 3 is 2.36 bits per heavy atom. The fraction of sp³-hybridized carbons (Fsp3) is 0.895. The lowest BCUT2D eigenvalue weighted by atomic mass is 9.93. The Kier molecular flexibility index (Phi) is 8.68. The van der Waals surface area contributed by atoms with Crippen LogP contribution in [-0.2, 0) is 14.3 Å². The lowest BCUT2D eigenvalue weighted by Crippen LogP contribution is -2.52. The molecule has 2 saturated carbocycles. The number of rotatable bonds is 9. The van der Waals surface area contributed by atoms with E-state index >= 15 is 0 Å². The lowest BCUT2D eigenvalue weighted by Gasteiger charge is -2.37. The average Bonchev–Trinajstić information content (AvgIpc) is 2.66. The molecule has 2 unspecified atom stereocenters. The Hall–Kier alpha value is -1.14. The summed E-state index contributed by atoms with van der Waals surface area (Å²) in [4.78, 5) is 25.3. The number of ether oxygens (including phenoxy) is 1. The molecule has 0 bridgehead atoms. The summed E-state index contributed by atoms with van der Waals surface area (Å²) in [6, 6.07) is -0.377. The summed E-state index contributed by atoms with van der Waals surface area (Å²) in [5, 5.41) is 13.0. The summed E-state index contributed by atoms with van der Waals surface area (Å²) in [7, 11) is 0. The van der Waals surface area contributed by atoms with Crippen LogP contribution in [0.3, 0.4) is 0 Å². The molecule has 2 N–H and O–H groups in total. The zero-order valence-corrected chi connectivity index (χ0v) is 15.5. The van der Waals surface area contributed by atoms with Crippen LogP contribution in [0.2, 0.25) is 0 Å². The van der Waals surface area contributed by atoms with Gasteiger partial charge in [0.15, 0.2) is 6.10 Å². The molecule has 6 nitrogen and oxygen atoms in total. The topological polar surface area (TPSA) is 78.9 Å². The molecule has 0 heterocycles. The monoisotopic (exact) mass is 354 g/mol. The molecule has 2 amide bonds. The maximum absolute atomic E-state index is 12.2. The van der Waals surface area contributed by atoms with E-state index in [1.54, 1.807) is 11.8 Å². The van der Waals surface area contributed by atoms with Crippen LogP contribution in [0.25, 0.3) is 0 Å². The number of carbonyl (C=O) groups is 2. The first kappa shape index (κ1) is 20.2. The number of hydrogen-bond acceptors (Lipinski definition) is 4. The molecular weight excluding hydrogens is 320 g/mol. The number of nitrogens with zero attached hydrogens (tertiary/aromatic N) is 1. The molecule has 2 aliphatic carbocycles. The van der Waals surface area contributed by atoms with Crippen LogP contribution < -0.4 is 5.32 Å². The summed E-state index contributed by atoms with van der Waals surface area (Å²) in [6.07, 6.45) is 11.1. The smallest absolute Gasteiger partial charge is 0.251 e. The van der Waals surface area contributed by atoms with Gasteiger partial charge in [-0.15, -0.1) is 0 Å². The van der Waals surface area contributed by atoms with Gasteiger partial charge >= 0.3 is 0 Å². The minimum atomic E-state index is -1.21. The highest BCUT2D eigenvalue weighted by Crippen LogP contribution is 2.24. The van der Waals surface area contributed by atoms with Gasteiger partial charge in [0, 0.05) is 12.6 Å². The highest BCUT2D eigenvalue weighted by Gasteiger charge is 2.31. The number of amides is 2. The fourth-order valence-corrected chi connectivity index (χ4v) is 4.01. The molecule has 0 aliphatic heterocycles. The van der Waals surface area contributed by atoms with Crippen LogP contribution in [-0.4, -0.2) is 59.8 Å². The number of hydrogen-bond donors (Lipinski definition) is 2. The van der Waals surface area contributed by atoms with E-state index < -0.39 is 18.1 Å². The van der Waals surface area contributed by atoms with Gasteiger partial charge in [-0.3, -0.25) is 9.59 Å². The Morgan fingerprint density at radius 1 is 1.16 bits per heavy atom. The molecule has 0 radical (unpaired) electrons. The minimum absolute atomic E-state index is 0.137. The van der Waals surface area contributed by atoms with Gasteiger partial charge in [-0.1, -0.05) is 38.5 Å². The highest BCUT2D eigenvalue weighted by atomic mass is 16.5. The summed E-state index contributed by atoms with van der Waals surface area (Å²) in [5.74, 6) is -0.428. The van der Waals surface area contributed by atoms with Gasteiger partial charge in [0.05, 0.1) is 18.8 Å². The van der Waals surface area contributed by atoms with Crippen molar-refractivity contribution in [3.63, 3.8) is 0 Å². The predicted molar refractivity (Wildman–Crippen MR) is 96.1 cm³/mol. The van der Waals surface area contributed by atoms with Crippen molar-refractivity contribution in [3.05, 3.63) is 0 Å². The Balaban J connectivity index is 1.70. The SMILES string of the molecule is CC(C(O)C(=O)NCCOC1CCCCC1)N(C=O)C1CCCCC1. The van der Waals surface area contributed by atoms with E-state index in [2.05, 4.69) is 5.32 Å². The zero-order valence-electron chi connectivity index (χ0n) is 15.5. The van der Waals surface area contributed by atoms with Crippen molar-refractivity contribution < 1.29 is 19.4 Å². The van der Waals surface area contributed by atoms with Crippen LogP contribution >= 0.6 is 0 Å². The molecule has 6 heteroatoms. The lowest BCUT2D eigenvalue weighted by molar-refractivity contribution is -0.137. The van der Waals surface area contributed by atoms with Crippen LogP contribution in [0.1, 0.15) is 71.1 Å². The van der Waals surface area contributed by atoms with Crippen LogP contribution in [0.15, 0.2) is 0 Å². The van der Waals surface area contributed by atoms with E-state index in [1.807, 2.05) is 0 Å². The second-order valence-electron chi connectivity index (χ2n) is 7.45. The van der Waals surface area contributed by atoms with Crippen molar-refractivity contribution in [2.75, 3.05) is 13.2 Å². The second-order valence-corrected chi connectivity index (χ2v) is 7.45. The van der Waals surface area contributed by atoms with Crippen molar-refractivity contribution >= 4 is 12.3 Å². The maximum atomic E-state index is 12.2. The van der Waals surface area contributed by atoms with Crippen LogP contribution in [0.5, 0.6) is 0 Å². The van der Waals surface area contributed by atoms with E-state index in [1.165, 1.54) is 25.7 Å². The standard InChI is InChI=1S/C19H34N2O4/c1-15(21(14-22)16-8-4-2-5-9-16)18(23)19(24)20-12-13-25-17-10-6-3-7-11-17/h14-18,23H,2-13H2,1H3,(H,20,24). The molecule has 0 aromatic heterocycles. The summed E-state index contributed by atoms with van der Waals surface area (Å²) in [6.45, 7) is 2.60. The molecule has 2 rings (SSSR count). The third kappa shape index (κ3) is 6.26. The first-order valence-corrected chi connectivity index (χ1v) is 9.93. The highest BCUT2D eigenvalue weighted by molar-refractivity contribution is 5.81. The van der Waals surface area contributed by atoms with E-state index in [-0.39, 0.29) is 6.04 Å². The van der Waals surface area contributed by atoms with Crippen molar-refractivity contribution in [1.82, 2.24) is 10.2 Å². The van der Waals surface area contributed by atoms with Crippen molar-refractivity contribution in [1.29, 1.82) is 0 Å². The zero-order chi connectivity index (χ0) is 18.1. The number of aliphatic hydroxyl groups is 1. The Morgan fingerprint density at radius 2 is 1.76 bits per heavy atom. The van der Waals surface area contributed by atoms with Gasteiger partial charge in [0.1, 0.15) is 0 Å². The fourth-order valence-electron chi connectivity index (χ4n) is 4.01. The minimum Gasteiger partial charge on any atom is -0.381 e. The van der Waals surface area contributed by atoms with Gasteiger partial charge in [-0.25, -0.2) is 0 Å². The normalized spacial score (nSPS) is 22.2. The molecule has 0 aromatic rings. The first-order chi connectivity index (χ1) is 12.1. The Labute approximate surface area is 151 Å². The quantitative estimate of drug-likeness (QED) is 0.490. The average molecular weight is 354 g/mol. The van der Waals surface area contributed by atoms with E-state index in [4.69, 9.17) is 4.74 Å². The van der Waals surface area contributed by atoms with Crippen molar-refractivity contribution in [3.8, 4) is 0 Å². The number of nitrogens with one attached hydrogen (secondary N) is 1. The predicted octanol–water partition coefficient (Wildman–Crippen LogP) is 1.99. The van der Waals surface area contributed by atoms with E-state index in [9.17, 15) is 14.7 Å². The third-order valence-corrected chi connectivity index (χ3v) is 5.62. The molecule has 0 aromatic carbocycles. The maximum Gasteiger partial charge on any atom is 0.251 e. The van der Waals surface area contributed by atoms with E-state index in [0.29, 0.717) is 19.3 Å². The summed E-state index contributed by atoms with van der Waals surface area (Å²) < 4.78 is 5.77. The molecule has 2 atom stereocenters. The molecule has 144 valence electrons. The van der Waals surface area contributed by atoms with Crippen LogP contribution in [0, 0.1) is 0 Å². The second kappa shape index (κ2) is 10.8. The van der Waals surface area contributed by atoms with Crippen LogP contribution in [0.4, 0.5) is 0 Å². The van der Waals surface area contributed by atoms with Crippen molar-refractivity contribution in [2.45, 2.75) is 95.4 Å². The molecule has 2 fully saturated rings. The van der Waals surface area contributed by atoms with Gasteiger partial charge in [0.25, 0.3) is 5.91 Å². The van der Waals surface area contributed by atoms with Gasteiger partial charge in [-0.05, 0) is 32.6 Å². The van der Waals surface area contributed by atoms with Gasteiger partial charge in [-0.2, -0.15) is 0 Å². The number of carbonyl (C=O) groups excluding carboxylic acids is 2. The molecule has 0 saturated heterocycles. The molecule has 25 heavy (non-hydrogen) atoms.